The van der Waals surface area contributed by atoms with Crippen LogP contribution in [0.2, 0.25) is 0 Å². The van der Waals surface area contributed by atoms with Crippen LogP contribution in [0.5, 0.6) is 5.75 Å². The minimum atomic E-state index is -1.06. The number of carboxylic acid groups (broad SMARTS) is 1. The van der Waals surface area contributed by atoms with Gasteiger partial charge in [0.2, 0.25) is 11.8 Å². The van der Waals surface area contributed by atoms with E-state index < -0.39 is 18.5 Å². The van der Waals surface area contributed by atoms with Gasteiger partial charge >= 0.3 is 5.97 Å². The van der Waals surface area contributed by atoms with Crippen LogP contribution in [0, 0.1) is 5.92 Å². The van der Waals surface area contributed by atoms with Gasteiger partial charge in [0, 0.05) is 25.2 Å². The quantitative estimate of drug-likeness (QED) is 0.698. The van der Waals surface area contributed by atoms with Crippen LogP contribution in [0.15, 0.2) is 48.5 Å². The predicted octanol–water partition coefficient (Wildman–Crippen LogP) is 2.94. The lowest BCUT2D eigenvalue weighted by atomic mass is 10.0. The van der Waals surface area contributed by atoms with Gasteiger partial charge in [-0.15, -0.1) is 0 Å². The molecule has 0 aromatic heterocycles. The number of carbonyl (C=O) groups excluding carboxylic acids is 2. The third kappa shape index (κ3) is 5.37. The minimum absolute atomic E-state index is 0.115. The molecule has 1 saturated heterocycles. The first-order chi connectivity index (χ1) is 14.3. The molecule has 2 aromatic rings. The number of amides is 2. The van der Waals surface area contributed by atoms with Gasteiger partial charge in [-0.2, -0.15) is 0 Å². The summed E-state index contributed by atoms with van der Waals surface area (Å²) >= 11 is 0. The molecule has 0 saturated carbocycles. The van der Waals surface area contributed by atoms with Crippen LogP contribution >= 0.6 is 0 Å². The zero-order valence-electron chi connectivity index (χ0n) is 17.1. The van der Waals surface area contributed by atoms with E-state index in [1.165, 1.54) is 5.56 Å². The highest BCUT2D eigenvalue weighted by Gasteiger charge is 2.35. The molecule has 2 N–H and O–H groups in total. The van der Waals surface area contributed by atoms with Gasteiger partial charge < -0.3 is 20.1 Å². The molecular formula is C23H26N2O5. The fraction of sp³-hybridized carbons (Fsp3) is 0.348. The number of carboxylic acids is 1. The van der Waals surface area contributed by atoms with E-state index in [2.05, 4.69) is 31.3 Å². The molecule has 0 bridgehead atoms. The SMILES string of the molecule is CC(C)c1ccc(CNC(=O)[C@H]2CC(=O)N(c3ccc(OCC(=O)O)cc3)C2)cc1. The number of carbonyl (C=O) groups is 3. The van der Waals surface area contributed by atoms with Gasteiger partial charge in [-0.3, -0.25) is 9.59 Å². The third-order valence-electron chi connectivity index (χ3n) is 5.12. The maximum Gasteiger partial charge on any atom is 0.341 e. The van der Waals surface area contributed by atoms with Crippen LogP contribution in [0.4, 0.5) is 5.69 Å². The highest BCUT2D eigenvalue weighted by atomic mass is 16.5. The second-order valence-corrected chi connectivity index (χ2v) is 7.70. The zero-order chi connectivity index (χ0) is 21.7. The Hall–Kier alpha value is -3.35. The van der Waals surface area contributed by atoms with E-state index in [0.29, 0.717) is 30.4 Å². The first kappa shape index (κ1) is 21.4. The molecule has 7 nitrogen and oxygen atoms in total. The molecular weight excluding hydrogens is 384 g/mol. The van der Waals surface area contributed by atoms with Gasteiger partial charge in [0.1, 0.15) is 5.75 Å². The van der Waals surface area contributed by atoms with E-state index in [1.807, 2.05) is 12.1 Å². The predicted molar refractivity (Wildman–Crippen MR) is 112 cm³/mol. The van der Waals surface area contributed by atoms with Crippen LogP contribution in [0.1, 0.15) is 37.3 Å². The summed E-state index contributed by atoms with van der Waals surface area (Å²) in [4.78, 5) is 37.1. The molecule has 2 amide bonds. The number of hydrogen-bond acceptors (Lipinski definition) is 4. The van der Waals surface area contributed by atoms with Gasteiger partial charge in [0.05, 0.1) is 5.92 Å². The van der Waals surface area contributed by atoms with Crippen LogP contribution in [-0.2, 0) is 20.9 Å². The number of hydrogen-bond donors (Lipinski definition) is 2. The second kappa shape index (κ2) is 9.43. The van der Waals surface area contributed by atoms with Crippen LogP contribution in [0.3, 0.4) is 0 Å². The molecule has 2 aromatic carbocycles. The van der Waals surface area contributed by atoms with Crippen molar-refractivity contribution in [3.05, 3.63) is 59.7 Å². The van der Waals surface area contributed by atoms with Crippen molar-refractivity contribution in [3.8, 4) is 5.75 Å². The van der Waals surface area contributed by atoms with Gasteiger partial charge in [0.15, 0.2) is 6.61 Å². The lowest BCUT2D eigenvalue weighted by molar-refractivity contribution is -0.139. The highest BCUT2D eigenvalue weighted by molar-refractivity contribution is 6.00. The maximum atomic E-state index is 12.6. The highest BCUT2D eigenvalue weighted by Crippen LogP contribution is 2.27. The van der Waals surface area contributed by atoms with E-state index in [1.54, 1.807) is 29.2 Å². The lowest BCUT2D eigenvalue weighted by Gasteiger charge is -2.17. The molecule has 0 unspecified atom stereocenters. The summed E-state index contributed by atoms with van der Waals surface area (Å²) in [7, 11) is 0. The Bertz CT molecular complexity index is 906. The molecule has 1 heterocycles. The van der Waals surface area contributed by atoms with E-state index in [0.717, 1.165) is 5.56 Å². The van der Waals surface area contributed by atoms with Crippen molar-refractivity contribution >= 4 is 23.5 Å². The Morgan fingerprint density at radius 1 is 1.13 bits per heavy atom. The van der Waals surface area contributed by atoms with Crippen molar-refractivity contribution in [1.82, 2.24) is 5.32 Å². The van der Waals surface area contributed by atoms with Crippen molar-refractivity contribution in [2.45, 2.75) is 32.7 Å². The molecule has 0 aliphatic carbocycles. The second-order valence-electron chi connectivity index (χ2n) is 7.70. The van der Waals surface area contributed by atoms with E-state index in [4.69, 9.17) is 9.84 Å². The third-order valence-corrected chi connectivity index (χ3v) is 5.12. The summed E-state index contributed by atoms with van der Waals surface area (Å²) in [5.41, 5.74) is 2.93. The van der Waals surface area contributed by atoms with E-state index in [-0.39, 0.29) is 18.2 Å². The van der Waals surface area contributed by atoms with Crippen molar-refractivity contribution in [2.24, 2.45) is 5.92 Å². The van der Waals surface area contributed by atoms with Crippen LogP contribution < -0.4 is 15.0 Å². The van der Waals surface area contributed by atoms with Gasteiger partial charge in [-0.1, -0.05) is 38.1 Å². The van der Waals surface area contributed by atoms with Gasteiger partial charge in [-0.25, -0.2) is 4.79 Å². The van der Waals surface area contributed by atoms with Gasteiger partial charge in [0.25, 0.3) is 0 Å². The normalized spacial score (nSPS) is 16.0. The van der Waals surface area contributed by atoms with E-state index >= 15 is 0 Å². The number of ether oxygens (including phenoxy) is 1. The average Bonchev–Trinajstić information content (AvgIpc) is 3.13. The summed E-state index contributed by atoms with van der Waals surface area (Å²) in [5, 5.41) is 11.6. The Labute approximate surface area is 175 Å². The summed E-state index contributed by atoms with van der Waals surface area (Å²) in [5.74, 6) is -0.850. The first-order valence-corrected chi connectivity index (χ1v) is 9.95. The number of aliphatic carboxylic acids is 1. The zero-order valence-corrected chi connectivity index (χ0v) is 17.1. The van der Waals surface area contributed by atoms with E-state index in [9.17, 15) is 14.4 Å². The average molecular weight is 410 g/mol. The molecule has 0 spiro atoms. The topological polar surface area (TPSA) is 95.9 Å². The molecule has 7 heteroatoms. The number of benzene rings is 2. The molecule has 3 rings (SSSR count). The molecule has 30 heavy (non-hydrogen) atoms. The summed E-state index contributed by atoms with van der Waals surface area (Å²) in [6.45, 7) is 4.58. The Kier molecular flexibility index (Phi) is 6.72. The molecule has 158 valence electrons. The van der Waals surface area contributed by atoms with Crippen molar-refractivity contribution in [2.75, 3.05) is 18.1 Å². The van der Waals surface area contributed by atoms with Crippen molar-refractivity contribution < 1.29 is 24.2 Å². The summed E-state index contributed by atoms with van der Waals surface area (Å²) in [6, 6.07) is 14.7. The molecule has 1 fully saturated rings. The largest absolute Gasteiger partial charge is 0.482 e. The summed E-state index contributed by atoms with van der Waals surface area (Å²) < 4.78 is 5.10. The number of anilines is 1. The maximum absolute atomic E-state index is 12.6. The summed E-state index contributed by atoms with van der Waals surface area (Å²) in [6.07, 6.45) is 0.162. The van der Waals surface area contributed by atoms with Crippen LogP contribution in [-0.4, -0.2) is 36.0 Å². The number of rotatable bonds is 8. The fourth-order valence-corrected chi connectivity index (χ4v) is 3.35. The smallest absolute Gasteiger partial charge is 0.341 e. The standard InChI is InChI=1S/C23H26N2O5/c1-15(2)17-5-3-16(4-6-17)12-24-23(29)18-11-21(26)25(13-18)19-7-9-20(10-8-19)30-14-22(27)28/h3-10,15,18H,11-14H2,1-2H3,(H,24,29)(H,27,28)/t18-/m0/s1. The van der Waals surface area contributed by atoms with Crippen molar-refractivity contribution in [1.29, 1.82) is 0 Å². The van der Waals surface area contributed by atoms with Crippen LogP contribution in [0.25, 0.3) is 0 Å². The molecule has 1 atom stereocenters. The lowest BCUT2D eigenvalue weighted by Crippen LogP contribution is -2.32. The monoisotopic (exact) mass is 410 g/mol. The number of nitrogens with zero attached hydrogens (tertiary/aromatic N) is 1. The fourth-order valence-electron chi connectivity index (χ4n) is 3.35. The first-order valence-electron chi connectivity index (χ1n) is 9.95. The Morgan fingerprint density at radius 2 is 1.80 bits per heavy atom. The molecule has 0 radical (unpaired) electrons. The van der Waals surface area contributed by atoms with Gasteiger partial charge in [-0.05, 0) is 41.3 Å². The molecule has 1 aliphatic rings. The molecule has 1 aliphatic heterocycles. The Balaban J connectivity index is 1.54. The minimum Gasteiger partial charge on any atom is -0.482 e. The number of nitrogens with one attached hydrogen (secondary N) is 1. The Morgan fingerprint density at radius 3 is 2.40 bits per heavy atom. The van der Waals surface area contributed by atoms with Crippen molar-refractivity contribution in [3.63, 3.8) is 0 Å².